The molecule has 2 atom stereocenters. The van der Waals surface area contributed by atoms with Crippen molar-refractivity contribution in [2.75, 3.05) is 13.2 Å². The summed E-state index contributed by atoms with van der Waals surface area (Å²) in [5.41, 5.74) is 0.896. The van der Waals surface area contributed by atoms with E-state index in [0.717, 1.165) is 11.1 Å². The summed E-state index contributed by atoms with van der Waals surface area (Å²) in [6.45, 7) is 9.34. The Morgan fingerprint density at radius 3 is 2.52 bits per heavy atom. The van der Waals surface area contributed by atoms with Crippen molar-refractivity contribution in [2.45, 2.75) is 26.9 Å². The van der Waals surface area contributed by atoms with E-state index in [1.807, 2.05) is 31.2 Å². The van der Waals surface area contributed by atoms with E-state index in [2.05, 4.69) is 6.58 Å². The molecule has 0 bridgehead atoms. The maximum Gasteiger partial charge on any atom is 0.326 e. The zero-order valence-electron chi connectivity index (χ0n) is 12.6. The summed E-state index contributed by atoms with van der Waals surface area (Å²) in [6, 6.07) is 7.59. The van der Waals surface area contributed by atoms with Crippen molar-refractivity contribution < 1.29 is 19.1 Å². The van der Waals surface area contributed by atoms with Gasteiger partial charge in [-0.1, -0.05) is 36.4 Å². The molecule has 0 N–H and O–H groups in total. The van der Waals surface area contributed by atoms with Crippen molar-refractivity contribution in [1.82, 2.24) is 0 Å². The van der Waals surface area contributed by atoms with E-state index >= 15 is 0 Å². The summed E-state index contributed by atoms with van der Waals surface area (Å²) in [7, 11) is 0. The number of ether oxygens (including phenoxy) is 2. The molecule has 4 nitrogen and oxygen atoms in total. The maximum atomic E-state index is 12.5. The van der Waals surface area contributed by atoms with Crippen LogP contribution in [-0.2, 0) is 19.1 Å². The Balaban J connectivity index is 2.53. The molecule has 0 amide bonds. The molecule has 0 aromatic heterocycles. The van der Waals surface area contributed by atoms with Gasteiger partial charge < -0.3 is 9.47 Å². The van der Waals surface area contributed by atoms with E-state index in [1.165, 1.54) is 6.92 Å². The second kappa shape index (κ2) is 5.82. The van der Waals surface area contributed by atoms with Crippen LogP contribution in [0.25, 0.3) is 0 Å². The first kappa shape index (κ1) is 15.4. The number of Topliss-reactive ketones (excluding diaryl/α,β-unsaturated/α-hetero) is 1. The lowest BCUT2D eigenvalue weighted by atomic mass is 9.72. The van der Waals surface area contributed by atoms with Gasteiger partial charge in [0, 0.05) is 0 Å². The number of aryl methyl sites for hydroxylation is 1. The Bertz CT molecular complexity index is 573. The Labute approximate surface area is 124 Å². The third-order valence-electron chi connectivity index (χ3n) is 3.91. The molecule has 0 radical (unpaired) electrons. The van der Waals surface area contributed by atoms with Gasteiger partial charge >= 0.3 is 5.97 Å². The molecule has 0 saturated carbocycles. The van der Waals surface area contributed by atoms with Crippen molar-refractivity contribution in [3.8, 4) is 0 Å². The minimum absolute atomic E-state index is 0.178. The first-order valence-electron chi connectivity index (χ1n) is 6.99. The third kappa shape index (κ3) is 2.40. The summed E-state index contributed by atoms with van der Waals surface area (Å²) in [6.07, 6.45) is -0.679. The molecule has 1 aromatic rings. The average molecular weight is 288 g/mol. The summed E-state index contributed by atoms with van der Waals surface area (Å²) in [5, 5.41) is 0. The van der Waals surface area contributed by atoms with E-state index in [1.54, 1.807) is 6.92 Å². The molecule has 1 aliphatic rings. The summed E-state index contributed by atoms with van der Waals surface area (Å²) < 4.78 is 10.9. The summed E-state index contributed by atoms with van der Waals surface area (Å²) in [5.74, 6) is -0.875. The summed E-state index contributed by atoms with van der Waals surface area (Å²) in [4.78, 5) is 24.8. The Morgan fingerprint density at radius 2 is 2.00 bits per heavy atom. The molecule has 21 heavy (non-hydrogen) atoms. The Hall–Kier alpha value is -1.94. The van der Waals surface area contributed by atoms with Crippen molar-refractivity contribution in [1.29, 1.82) is 0 Å². The van der Waals surface area contributed by atoms with Crippen LogP contribution >= 0.6 is 0 Å². The lowest BCUT2D eigenvalue weighted by Gasteiger charge is -2.30. The third-order valence-corrected chi connectivity index (χ3v) is 3.91. The molecule has 0 aliphatic carbocycles. The molecule has 1 saturated heterocycles. The monoisotopic (exact) mass is 288 g/mol. The number of esters is 1. The highest BCUT2D eigenvalue weighted by Gasteiger charge is 2.58. The minimum Gasteiger partial charge on any atom is -0.465 e. The zero-order chi connectivity index (χ0) is 15.6. The lowest BCUT2D eigenvalue weighted by molar-refractivity contribution is -0.161. The number of carbonyl (C=O) groups excluding carboxylic acids is 2. The molecule has 1 aliphatic heterocycles. The number of hydrogen-bond donors (Lipinski definition) is 0. The van der Waals surface area contributed by atoms with Crippen molar-refractivity contribution in [2.24, 2.45) is 5.41 Å². The quantitative estimate of drug-likeness (QED) is 0.485. The number of rotatable bonds is 4. The van der Waals surface area contributed by atoms with Gasteiger partial charge in [0.25, 0.3) is 0 Å². The molecular weight excluding hydrogens is 268 g/mol. The second-order valence-electron chi connectivity index (χ2n) is 5.29. The van der Waals surface area contributed by atoms with Crippen LogP contribution in [0.1, 0.15) is 31.1 Å². The summed E-state index contributed by atoms with van der Waals surface area (Å²) >= 11 is 0. The van der Waals surface area contributed by atoms with Crippen LogP contribution < -0.4 is 0 Å². The largest absolute Gasteiger partial charge is 0.465 e. The van der Waals surface area contributed by atoms with Crippen molar-refractivity contribution >= 4 is 11.8 Å². The highest BCUT2D eigenvalue weighted by molar-refractivity contribution is 6.07. The van der Waals surface area contributed by atoms with Crippen LogP contribution in [0, 0.1) is 12.3 Å². The van der Waals surface area contributed by atoms with Gasteiger partial charge in [0.2, 0.25) is 0 Å². The van der Waals surface area contributed by atoms with Gasteiger partial charge in [0.05, 0.1) is 13.2 Å². The topological polar surface area (TPSA) is 52.6 Å². The van der Waals surface area contributed by atoms with Gasteiger partial charge in [-0.3, -0.25) is 9.59 Å². The molecular formula is C17H20O4. The van der Waals surface area contributed by atoms with Gasteiger partial charge in [-0.15, -0.1) is 0 Å². The zero-order valence-corrected chi connectivity index (χ0v) is 12.6. The number of hydrogen-bond acceptors (Lipinski definition) is 4. The van der Waals surface area contributed by atoms with Crippen molar-refractivity contribution in [3.05, 3.63) is 47.5 Å². The lowest BCUT2D eigenvalue weighted by Crippen LogP contribution is -2.43. The molecule has 1 heterocycles. The second-order valence-corrected chi connectivity index (χ2v) is 5.29. The van der Waals surface area contributed by atoms with Crippen LogP contribution in [0.3, 0.4) is 0 Å². The van der Waals surface area contributed by atoms with Gasteiger partial charge in [0.1, 0.15) is 6.10 Å². The standard InChI is InChI=1S/C17H20O4/c1-5-20-16(19)17(13(4)18)12(3)10-21-15(17)14-8-6-11(2)7-9-14/h6-9,15H,3,5,10H2,1-2,4H3/t15-,17-/m1/s1. The first-order valence-corrected chi connectivity index (χ1v) is 6.99. The average Bonchev–Trinajstić information content (AvgIpc) is 2.78. The van der Waals surface area contributed by atoms with Crippen molar-refractivity contribution in [3.63, 3.8) is 0 Å². The molecule has 112 valence electrons. The number of ketones is 1. The van der Waals surface area contributed by atoms with Gasteiger partial charge in [-0.2, -0.15) is 0 Å². The molecule has 4 heteroatoms. The number of benzene rings is 1. The minimum atomic E-state index is -1.44. The molecule has 1 aromatic carbocycles. The molecule has 1 fully saturated rings. The fraction of sp³-hybridized carbons (Fsp3) is 0.412. The van der Waals surface area contributed by atoms with E-state index in [0.29, 0.717) is 5.57 Å². The van der Waals surface area contributed by atoms with E-state index < -0.39 is 17.5 Å². The van der Waals surface area contributed by atoms with E-state index in [9.17, 15) is 9.59 Å². The Morgan fingerprint density at radius 1 is 1.38 bits per heavy atom. The smallest absolute Gasteiger partial charge is 0.326 e. The van der Waals surface area contributed by atoms with Crippen LogP contribution in [0.4, 0.5) is 0 Å². The predicted octanol–water partition coefficient (Wildman–Crippen LogP) is 2.76. The first-order chi connectivity index (χ1) is 9.94. The maximum absolute atomic E-state index is 12.5. The van der Waals surface area contributed by atoms with Gasteiger partial charge in [0.15, 0.2) is 11.2 Å². The fourth-order valence-electron chi connectivity index (χ4n) is 2.77. The number of carbonyl (C=O) groups is 2. The van der Waals surface area contributed by atoms with Crippen LogP contribution in [0.2, 0.25) is 0 Å². The normalized spacial score (nSPS) is 24.9. The van der Waals surface area contributed by atoms with E-state index in [-0.39, 0.29) is 19.0 Å². The molecule has 0 unspecified atom stereocenters. The van der Waals surface area contributed by atoms with Crippen LogP contribution in [0.15, 0.2) is 36.4 Å². The SMILES string of the molecule is C=C1CO[C@H](c2ccc(C)cc2)[C@@]1(C(C)=O)C(=O)OCC. The highest BCUT2D eigenvalue weighted by atomic mass is 16.5. The predicted molar refractivity (Wildman–Crippen MR) is 78.8 cm³/mol. The molecule has 0 spiro atoms. The highest BCUT2D eigenvalue weighted by Crippen LogP contribution is 2.49. The van der Waals surface area contributed by atoms with Crippen LogP contribution in [0.5, 0.6) is 0 Å². The fourth-order valence-corrected chi connectivity index (χ4v) is 2.77. The van der Waals surface area contributed by atoms with Gasteiger partial charge in [-0.05, 0) is 31.9 Å². The van der Waals surface area contributed by atoms with E-state index in [4.69, 9.17) is 9.47 Å². The molecule has 2 rings (SSSR count). The van der Waals surface area contributed by atoms with Gasteiger partial charge in [-0.25, -0.2) is 0 Å². The van der Waals surface area contributed by atoms with Crippen LogP contribution in [-0.4, -0.2) is 25.0 Å². The Kier molecular flexibility index (Phi) is 4.28.